The van der Waals surface area contributed by atoms with E-state index in [1.807, 2.05) is 35.2 Å². The molecule has 0 bridgehead atoms. The van der Waals surface area contributed by atoms with Gasteiger partial charge in [-0.15, -0.1) is 0 Å². The van der Waals surface area contributed by atoms with Gasteiger partial charge in [0.1, 0.15) is 0 Å². The molecule has 122 valence electrons. The molecule has 1 aliphatic rings. The normalized spacial score (nSPS) is 19.7. The number of nitrogens with zero attached hydrogens (tertiary/aromatic N) is 1. The van der Waals surface area contributed by atoms with E-state index in [4.69, 9.17) is 4.74 Å². The number of nitrogens with one attached hydrogen (secondary N) is 1. The lowest BCUT2D eigenvalue weighted by atomic mass is 9.96. The molecule has 5 heteroatoms. The number of urea groups is 1. The highest BCUT2D eigenvalue weighted by Gasteiger charge is 2.23. The smallest absolute Gasteiger partial charge is 0.317 e. The zero-order valence-corrected chi connectivity index (χ0v) is 13.2. The summed E-state index contributed by atoms with van der Waals surface area (Å²) in [5.41, 5.74) is 1.14. The summed E-state index contributed by atoms with van der Waals surface area (Å²) in [5, 5.41) is 12.2. The Bertz CT molecular complexity index is 452. The molecule has 0 saturated carbocycles. The van der Waals surface area contributed by atoms with Crippen LogP contribution in [0.2, 0.25) is 0 Å². The van der Waals surface area contributed by atoms with Crippen LogP contribution in [0, 0.1) is 0 Å². The summed E-state index contributed by atoms with van der Waals surface area (Å²) in [6.45, 7) is 2.09. The second-order valence-electron chi connectivity index (χ2n) is 5.75. The monoisotopic (exact) mass is 306 g/mol. The quantitative estimate of drug-likeness (QED) is 0.845. The zero-order chi connectivity index (χ0) is 15.8. The molecule has 2 unspecified atom stereocenters. The van der Waals surface area contributed by atoms with Gasteiger partial charge in [0, 0.05) is 39.3 Å². The third-order valence-corrected chi connectivity index (χ3v) is 4.25. The number of benzene rings is 1. The number of carbonyl (C=O) groups excluding carboxylic acids is 1. The van der Waals surface area contributed by atoms with E-state index in [0.29, 0.717) is 19.5 Å². The molecule has 0 radical (unpaired) electrons. The minimum Gasteiger partial charge on any atom is -0.396 e. The van der Waals surface area contributed by atoms with Crippen LogP contribution in [0.25, 0.3) is 0 Å². The van der Waals surface area contributed by atoms with E-state index < -0.39 is 0 Å². The van der Waals surface area contributed by atoms with Crippen molar-refractivity contribution in [3.05, 3.63) is 35.9 Å². The average Bonchev–Trinajstić information content (AvgIpc) is 2.59. The van der Waals surface area contributed by atoms with Gasteiger partial charge in [-0.1, -0.05) is 30.3 Å². The molecule has 1 aromatic carbocycles. The number of methoxy groups -OCH3 is 1. The molecule has 2 N–H and O–H groups in total. The molecule has 0 aliphatic carbocycles. The van der Waals surface area contributed by atoms with Crippen LogP contribution in [-0.2, 0) is 4.74 Å². The molecule has 2 rings (SSSR count). The number of amides is 2. The minimum absolute atomic E-state index is 0.0411. The lowest BCUT2D eigenvalue weighted by molar-refractivity contribution is 0.0434. The molecule has 1 heterocycles. The van der Waals surface area contributed by atoms with Crippen molar-refractivity contribution < 1.29 is 14.6 Å². The molecule has 1 saturated heterocycles. The Morgan fingerprint density at radius 3 is 2.91 bits per heavy atom. The summed E-state index contributed by atoms with van der Waals surface area (Å²) in [6, 6.07) is 9.96. The fraction of sp³-hybridized carbons (Fsp3) is 0.588. The Morgan fingerprint density at radius 1 is 1.45 bits per heavy atom. The van der Waals surface area contributed by atoms with E-state index in [2.05, 4.69) is 5.32 Å². The van der Waals surface area contributed by atoms with Crippen molar-refractivity contribution in [2.75, 3.05) is 33.4 Å². The van der Waals surface area contributed by atoms with Gasteiger partial charge < -0.3 is 20.1 Å². The van der Waals surface area contributed by atoms with Crippen molar-refractivity contribution in [3.8, 4) is 0 Å². The number of hydrogen-bond acceptors (Lipinski definition) is 3. The third kappa shape index (κ3) is 4.71. The first-order valence-corrected chi connectivity index (χ1v) is 7.96. The standard InChI is InChI=1S/C17H26N2O3/c1-22-16-8-5-10-19(13-16)17(21)18-12-15(9-11-20)14-6-3-2-4-7-14/h2-4,6-7,15-16,20H,5,8-13H2,1H3,(H,18,21). The van der Waals surface area contributed by atoms with Crippen LogP contribution in [0.1, 0.15) is 30.7 Å². The molecule has 1 fully saturated rings. The topological polar surface area (TPSA) is 61.8 Å². The number of hydrogen-bond donors (Lipinski definition) is 2. The van der Waals surface area contributed by atoms with E-state index in [9.17, 15) is 9.90 Å². The fourth-order valence-electron chi connectivity index (χ4n) is 2.90. The first-order chi connectivity index (χ1) is 10.7. The molecule has 1 aliphatic heterocycles. The maximum atomic E-state index is 12.3. The van der Waals surface area contributed by atoms with Crippen LogP contribution in [0.15, 0.2) is 30.3 Å². The lowest BCUT2D eigenvalue weighted by Crippen LogP contribution is -2.48. The first kappa shape index (κ1) is 16.8. The average molecular weight is 306 g/mol. The molecule has 2 atom stereocenters. The zero-order valence-electron chi connectivity index (χ0n) is 13.2. The first-order valence-electron chi connectivity index (χ1n) is 7.96. The molecular weight excluding hydrogens is 280 g/mol. The maximum Gasteiger partial charge on any atom is 0.317 e. The Balaban J connectivity index is 1.87. The Hall–Kier alpha value is -1.59. The van der Waals surface area contributed by atoms with Gasteiger partial charge >= 0.3 is 6.03 Å². The minimum atomic E-state index is -0.0411. The highest BCUT2D eigenvalue weighted by molar-refractivity contribution is 5.74. The van der Waals surface area contributed by atoms with Gasteiger partial charge in [0.15, 0.2) is 0 Å². The lowest BCUT2D eigenvalue weighted by Gasteiger charge is -2.32. The number of carbonyl (C=O) groups is 1. The van der Waals surface area contributed by atoms with Crippen molar-refractivity contribution in [3.63, 3.8) is 0 Å². The van der Waals surface area contributed by atoms with Crippen molar-refractivity contribution in [1.82, 2.24) is 10.2 Å². The summed E-state index contributed by atoms with van der Waals surface area (Å²) in [6.07, 6.45) is 2.77. The fourth-order valence-corrected chi connectivity index (χ4v) is 2.90. The van der Waals surface area contributed by atoms with Gasteiger partial charge in [0.25, 0.3) is 0 Å². The van der Waals surface area contributed by atoms with Gasteiger partial charge in [-0.3, -0.25) is 0 Å². The number of ether oxygens (including phenoxy) is 1. The van der Waals surface area contributed by atoms with Gasteiger partial charge in [-0.05, 0) is 24.8 Å². The summed E-state index contributed by atoms with van der Waals surface area (Å²) < 4.78 is 5.35. The number of likely N-dealkylation sites (tertiary alicyclic amines) is 1. The van der Waals surface area contributed by atoms with Crippen LogP contribution < -0.4 is 5.32 Å². The molecule has 5 nitrogen and oxygen atoms in total. The summed E-state index contributed by atoms with van der Waals surface area (Å²) in [7, 11) is 1.69. The molecule has 22 heavy (non-hydrogen) atoms. The van der Waals surface area contributed by atoms with Crippen LogP contribution in [0.5, 0.6) is 0 Å². The van der Waals surface area contributed by atoms with Gasteiger partial charge in [0.2, 0.25) is 0 Å². The number of rotatable bonds is 6. The van der Waals surface area contributed by atoms with Crippen LogP contribution in [0.3, 0.4) is 0 Å². The van der Waals surface area contributed by atoms with E-state index in [-0.39, 0.29) is 24.7 Å². The SMILES string of the molecule is COC1CCCN(C(=O)NCC(CCO)c2ccccc2)C1. The van der Waals surface area contributed by atoms with E-state index in [1.165, 1.54) is 0 Å². The number of piperidine rings is 1. The summed E-state index contributed by atoms with van der Waals surface area (Å²) in [5.74, 6) is 0.137. The van der Waals surface area contributed by atoms with E-state index >= 15 is 0 Å². The van der Waals surface area contributed by atoms with E-state index in [1.54, 1.807) is 7.11 Å². The predicted octanol–water partition coefficient (Wildman–Crippen LogP) is 1.97. The molecule has 2 amide bonds. The number of aliphatic hydroxyl groups is 1. The van der Waals surface area contributed by atoms with Gasteiger partial charge in [-0.2, -0.15) is 0 Å². The number of aliphatic hydroxyl groups excluding tert-OH is 1. The summed E-state index contributed by atoms with van der Waals surface area (Å²) >= 11 is 0. The molecular formula is C17H26N2O3. The second-order valence-corrected chi connectivity index (χ2v) is 5.75. The Kier molecular flexibility index (Phi) is 6.68. The largest absolute Gasteiger partial charge is 0.396 e. The molecule has 0 aromatic heterocycles. The van der Waals surface area contributed by atoms with Crippen molar-refractivity contribution in [1.29, 1.82) is 0 Å². The highest BCUT2D eigenvalue weighted by atomic mass is 16.5. The molecule has 1 aromatic rings. The maximum absolute atomic E-state index is 12.3. The highest BCUT2D eigenvalue weighted by Crippen LogP contribution is 2.18. The van der Waals surface area contributed by atoms with Crippen molar-refractivity contribution in [2.24, 2.45) is 0 Å². The predicted molar refractivity (Wildman–Crippen MR) is 85.9 cm³/mol. The van der Waals surface area contributed by atoms with Gasteiger partial charge in [-0.25, -0.2) is 4.79 Å². The van der Waals surface area contributed by atoms with Crippen molar-refractivity contribution >= 4 is 6.03 Å². The Labute approximate surface area is 132 Å². The van der Waals surface area contributed by atoms with Crippen LogP contribution >= 0.6 is 0 Å². The van der Waals surface area contributed by atoms with Gasteiger partial charge in [0.05, 0.1) is 6.10 Å². The second kappa shape index (κ2) is 8.76. The van der Waals surface area contributed by atoms with E-state index in [0.717, 1.165) is 24.9 Å². The third-order valence-electron chi connectivity index (χ3n) is 4.25. The van der Waals surface area contributed by atoms with Crippen molar-refractivity contribution in [2.45, 2.75) is 31.3 Å². The van der Waals surface area contributed by atoms with Crippen LogP contribution in [0.4, 0.5) is 4.79 Å². The van der Waals surface area contributed by atoms with Crippen LogP contribution in [-0.4, -0.2) is 55.5 Å². The summed E-state index contributed by atoms with van der Waals surface area (Å²) in [4.78, 5) is 14.1. The Morgan fingerprint density at radius 2 is 2.23 bits per heavy atom. The molecule has 0 spiro atoms.